The third-order valence-electron chi connectivity index (χ3n) is 4.18. The Balaban J connectivity index is 1.68. The zero-order valence-electron chi connectivity index (χ0n) is 14.0. The summed E-state index contributed by atoms with van der Waals surface area (Å²) < 4.78 is 4.71. The molecule has 0 amide bonds. The molecule has 124 valence electrons. The van der Waals surface area contributed by atoms with E-state index < -0.39 is 0 Å². The molecule has 0 fully saturated rings. The number of azo groups is 1. The first kappa shape index (κ1) is 16.2. The van der Waals surface area contributed by atoms with Crippen LogP contribution in [0.4, 0.5) is 17.1 Å². The smallest absolute Gasteiger partial charge is 0.307 e. The highest BCUT2D eigenvalue weighted by Crippen LogP contribution is 2.32. The predicted octanol–water partition coefficient (Wildman–Crippen LogP) is 4.34. The maximum Gasteiger partial charge on any atom is 0.307 e. The van der Waals surface area contributed by atoms with Crippen LogP contribution in [0, 0.1) is 6.92 Å². The summed E-state index contributed by atoms with van der Waals surface area (Å²) in [7, 11) is 1.42. The van der Waals surface area contributed by atoms with Crippen molar-refractivity contribution in [1.82, 2.24) is 0 Å². The van der Waals surface area contributed by atoms with Crippen molar-refractivity contribution in [2.75, 3.05) is 25.1 Å². The van der Waals surface area contributed by atoms with Gasteiger partial charge in [-0.2, -0.15) is 10.2 Å². The fraction of sp³-hybridized carbons (Fsp3) is 0.316. The van der Waals surface area contributed by atoms with Gasteiger partial charge in [0.1, 0.15) is 0 Å². The fourth-order valence-electron chi connectivity index (χ4n) is 2.81. The van der Waals surface area contributed by atoms with Gasteiger partial charge in [-0.05, 0) is 49.2 Å². The second-order valence-corrected chi connectivity index (χ2v) is 5.91. The van der Waals surface area contributed by atoms with Crippen LogP contribution in [0.1, 0.15) is 17.5 Å². The molecule has 0 saturated heterocycles. The van der Waals surface area contributed by atoms with Crippen molar-refractivity contribution in [1.29, 1.82) is 0 Å². The van der Waals surface area contributed by atoms with Gasteiger partial charge >= 0.3 is 5.97 Å². The Hall–Kier alpha value is -2.69. The van der Waals surface area contributed by atoms with Gasteiger partial charge in [0.25, 0.3) is 0 Å². The van der Waals surface area contributed by atoms with Crippen LogP contribution in [-0.2, 0) is 16.0 Å². The van der Waals surface area contributed by atoms with Crippen molar-refractivity contribution in [3.05, 3.63) is 53.6 Å². The van der Waals surface area contributed by atoms with Crippen molar-refractivity contribution in [3.8, 4) is 0 Å². The van der Waals surface area contributed by atoms with Gasteiger partial charge < -0.3 is 9.64 Å². The molecule has 24 heavy (non-hydrogen) atoms. The molecule has 0 unspecified atom stereocenters. The molecule has 0 spiro atoms. The topological polar surface area (TPSA) is 54.3 Å². The van der Waals surface area contributed by atoms with E-state index in [1.54, 1.807) is 0 Å². The van der Waals surface area contributed by atoms with Crippen molar-refractivity contribution < 1.29 is 9.53 Å². The third-order valence-corrected chi connectivity index (χ3v) is 4.18. The molecule has 0 radical (unpaired) electrons. The average Bonchev–Trinajstić information content (AvgIpc) is 3.01. The molecule has 0 aliphatic carbocycles. The van der Waals surface area contributed by atoms with E-state index >= 15 is 0 Å². The molecule has 1 aliphatic rings. The van der Waals surface area contributed by atoms with Gasteiger partial charge in [0, 0.05) is 18.8 Å². The Morgan fingerprint density at radius 1 is 1.12 bits per heavy atom. The highest BCUT2D eigenvalue weighted by Gasteiger charge is 2.19. The van der Waals surface area contributed by atoms with Gasteiger partial charge in [-0.1, -0.05) is 17.7 Å². The second-order valence-electron chi connectivity index (χ2n) is 5.91. The summed E-state index contributed by atoms with van der Waals surface area (Å²) in [6.07, 6.45) is 1.37. The first-order chi connectivity index (χ1) is 11.7. The number of fused-ring (bicyclic) bond motifs is 1. The van der Waals surface area contributed by atoms with Crippen LogP contribution >= 0.6 is 0 Å². The molecule has 5 nitrogen and oxygen atoms in total. The highest BCUT2D eigenvalue weighted by atomic mass is 16.5. The van der Waals surface area contributed by atoms with Gasteiger partial charge in [0.15, 0.2) is 0 Å². The Morgan fingerprint density at radius 2 is 1.83 bits per heavy atom. The Labute approximate surface area is 142 Å². The van der Waals surface area contributed by atoms with E-state index in [0.29, 0.717) is 13.0 Å². The van der Waals surface area contributed by atoms with Crippen molar-refractivity contribution in [2.45, 2.75) is 19.8 Å². The van der Waals surface area contributed by atoms with Crippen molar-refractivity contribution >= 4 is 23.0 Å². The van der Waals surface area contributed by atoms with E-state index in [4.69, 9.17) is 4.74 Å². The first-order valence-corrected chi connectivity index (χ1v) is 8.09. The summed E-state index contributed by atoms with van der Waals surface area (Å²) in [5, 5.41) is 8.61. The van der Waals surface area contributed by atoms with Crippen LogP contribution in [0.25, 0.3) is 0 Å². The Bertz CT molecular complexity index is 754. The number of hydrogen-bond donors (Lipinski definition) is 0. The molecule has 0 aromatic heterocycles. The number of benzene rings is 2. The molecule has 1 heterocycles. The van der Waals surface area contributed by atoms with E-state index in [1.165, 1.54) is 23.9 Å². The number of carbonyl (C=O) groups is 1. The summed E-state index contributed by atoms with van der Waals surface area (Å²) in [4.78, 5) is 13.5. The average molecular weight is 323 g/mol. The minimum atomic E-state index is -0.174. The Kier molecular flexibility index (Phi) is 4.89. The minimum absolute atomic E-state index is 0.174. The monoisotopic (exact) mass is 323 g/mol. The summed E-state index contributed by atoms with van der Waals surface area (Å²) in [5.41, 5.74) is 5.33. The lowest BCUT2D eigenvalue weighted by Gasteiger charge is -2.18. The first-order valence-electron chi connectivity index (χ1n) is 8.09. The zero-order chi connectivity index (χ0) is 16.9. The van der Waals surface area contributed by atoms with Gasteiger partial charge in [-0.15, -0.1) is 0 Å². The van der Waals surface area contributed by atoms with Crippen LogP contribution in [0.5, 0.6) is 0 Å². The Morgan fingerprint density at radius 3 is 2.58 bits per heavy atom. The number of anilines is 1. The lowest BCUT2D eigenvalue weighted by Crippen LogP contribution is -2.24. The van der Waals surface area contributed by atoms with Gasteiger partial charge in [0.05, 0.1) is 24.9 Å². The molecule has 0 atom stereocenters. The number of ether oxygens (including phenoxy) is 1. The summed E-state index contributed by atoms with van der Waals surface area (Å²) in [6, 6.07) is 14.1. The van der Waals surface area contributed by atoms with E-state index in [9.17, 15) is 4.79 Å². The molecular weight excluding hydrogens is 302 g/mol. The summed E-state index contributed by atoms with van der Waals surface area (Å²) >= 11 is 0. The number of aryl methyl sites for hydroxylation is 1. The van der Waals surface area contributed by atoms with Gasteiger partial charge in [-0.3, -0.25) is 4.79 Å². The maximum absolute atomic E-state index is 11.3. The number of hydrogen-bond acceptors (Lipinski definition) is 5. The normalized spacial score (nSPS) is 13.3. The molecule has 5 heteroatoms. The number of methoxy groups -OCH3 is 1. The number of nitrogens with zero attached hydrogens (tertiary/aromatic N) is 3. The van der Waals surface area contributed by atoms with Crippen LogP contribution in [-0.4, -0.2) is 26.2 Å². The van der Waals surface area contributed by atoms with Gasteiger partial charge in [-0.25, -0.2) is 0 Å². The van der Waals surface area contributed by atoms with E-state index in [-0.39, 0.29) is 5.97 Å². The van der Waals surface area contributed by atoms with E-state index in [1.807, 2.05) is 37.3 Å². The number of rotatable bonds is 5. The quantitative estimate of drug-likeness (QED) is 0.607. The van der Waals surface area contributed by atoms with Crippen molar-refractivity contribution in [3.63, 3.8) is 0 Å². The van der Waals surface area contributed by atoms with Gasteiger partial charge in [0.2, 0.25) is 0 Å². The van der Waals surface area contributed by atoms with E-state index in [2.05, 4.69) is 27.3 Å². The molecule has 3 rings (SSSR count). The standard InChI is InChI=1S/C19H21N3O2/c1-14-3-5-16(6-4-14)20-21-17-7-8-18-15(13-17)9-11-22(18)12-10-19(23)24-2/h3-8,13H,9-12H2,1-2H3. The minimum Gasteiger partial charge on any atom is -0.469 e. The van der Waals surface area contributed by atoms with Crippen LogP contribution in [0.2, 0.25) is 0 Å². The summed E-state index contributed by atoms with van der Waals surface area (Å²) in [5.74, 6) is -0.174. The molecular formula is C19H21N3O2. The second kappa shape index (κ2) is 7.25. The van der Waals surface area contributed by atoms with Crippen LogP contribution in [0.3, 0.4) is 0 Å². The third kappa shape index (κ3) is 3.79. The molecule has 0 bridgehead atoms. The SMILES string of the molecule is COC(=O)CCN1CCc2cc(N=Nc3ccc(C)cc3)ccc21. The van der Waals surface area contributed by atoms with Crippen LogP contribution < -0.4 is 4.90 Å². The molecule has 2 aromatic carbocycles. The van der Waals surface area contributed by atoms with Crippen LogP contribution in [0.15, 0.2) is 52.7 Å². The highest BCUT2D eigenvalue weighted by molar-refractivity contribution is 5.71. The van der Waals surface area contributed by atoms with Crippen molar-refractivity contribution in [2.24, 2.45) is 10.2 Å². The predicted molar refractivity (Wildman–Crippen MR) is 94.3 cm³/mol. The number of carbonyl (C=O) groups excluding carboxylic acids is 1. The lowest BCUT2D eigenvalue weighted by atomic mass is 10.1. The van der Waals surface area contributed by atoms with E-state index in [0.717, 1.165) is 24.3 Å². The maximum atomic E-state index is 11.3. The summed E-state index contributed by atoms with van der Waals surface area (Å²) in [6.45, 7) is 3.65. The molecule has 0 N–H and O–H groups in total. The largest absolute Gasteiger partial charge is 0.469 e. The number of esters is 1. The molecule has 2 aromatic rings. The fourth-order valence-corrected chi connectivity index (χ4v) is 2.81. The zero-order valence-corrected chi connectivity index (χ0v) is 14.0. The molecule has 1 aliphatic heterocycles. The molecule has 0 saturated carbocycles. The lowest BCUT2D eigenvalue weighted by molar-refractivity contribution is -0.140.